The summed E-state index contributed by atoms with van der Waals surface area (Å²) in [5, 5.41) is 18.2. The van der Waals surface area contributed by atoms with E-state index in [2.05, 4.69) is 42.7 Å². The molecule has 164 valence electrons. The molecule has 1 unspecified atom stereocenters. The number of aromatic nitrogens is 4. The molecular formula is C22H24N8O2. The molecule has 10 nitrogen and oxygen atoms in total. The van der Waals surface area contributed by atoms with Gasteiger partial charge >= 0.3 is 0 Å². The van der Waals surface area contributed by atoms with Crippen molar-refractivity contribution in [3.63, 3.8) is 0 Å². The van der Waals surface area contributed by atoms with Gasteiger partial charge in [0.15, 0.2) is 11.5 Å². The van der Waals surface area contributed by atoms with Gasteiger partial charge in [0, 0.05) is 29.4 Å². The van der Waals surface area contributed by atoms with Gasteiger partial charge in [0.05, 0.1) is 5.52 Å². The van der Waals surface area contributed by atoms with Gasteiger partial charge in [0.1, 0.15) is 0 Å². The van der Waals surface area contributed by atoms with E-state index in [0.717, 1.165) is 36.6 Å². The molecule has 32 heavy (non-hydrogen) atoms. The molecule has 0 bridgehead atoms. The molecule has 1 fully saturated rings. The number of amides is 2. The van der Waals surface area contributed by atoms with Crippen LogP contribution >= 0.6 is 0 Å². The van der Waals surface area contributed by atoms with Crippen LogP contribution in [-0.4, -0.2) is 44.1 Å². The molecule has 1 aliphatic rings. The first-order valence-corrected chi connectivity index (χ1v) is 10.4. The number of carbonyl (C=O) groups excluding carboxylic acids is 2. The average Bonchev–Trinajstić information content (AvgIpc) is 2.79. The van der Waals surface area contributed by atoms with Gasteiger partial charge in [-0.2, -0.15) is 4.98 Å². The Labute approximate surface area is 184 Å². The number of anilines is 3. The predicted molar refractivity (Wildman–Crippen MR) is 121 cm³/mol. The molecule has 2 aromatic heterocycles. The molecule has 0 aliphatic heterocycles. The monoisotopic (exact) mass is 432 g/mol. The molecule has 5 N–H and O–H groups in total. The first kappa shape index (κ1) is 21.2. The highest BCUT2D eigenvalue weighted by atomic mass is 16.2. The molecule has 2 amide bonds. The number of nitrogens with one attached hydrogen (secondary N) is 3. The highest BCUT2D eigenvalue weighted by molar-refractivity contribution is 5.96. The first-order valence-electron chi connectivity index (χ1n) is 10.4. The summed E-state index contributed by atoms with van der Waals surface area (Å²) >= 11 is 0. The number of rotatable bonds is 7. The number of fused-ring (bicyclic) bond motifs is 1. The average molecular weight is 432 g/mol. The molecular weight excluding hydrogens is 408 g/mol. The summed E-state index contributed by atoms with van der Waals surface area (Å²) in [5.41, 5.74) is 6.98. The zero-order chi connectivity index (χ0) is 22.5. The number of primary amides is 1. The van der Waals surface area contributed by atoms with Gasteiger partial charge in [-0.3, -0.25) is 14.6 Å². The first-order chi connectivity index (χ1) is 15.5. The van der Waals surface area contributed by atoms with Crippen LogP contribution in [-0.2, 0) is 4.79 Å². The lowest BCUT2D eigenvalue weighted by atomic mass is 9.91. The van der Waals surface area contributed by atoms with E-state index in [-0.39, 0.29) is 35.5 Å². The maximum atomic E-state index is 11.9. The minimum Gasteiger partial charge on any atom is -0.364 e. The lowest BCUT2D eigenvalue weighted by Crippen LogP contribution is -2.41. The number of hydrogen-bond donors (Lipinski definition) is 4. The van der Waals surface area contributed by atoms with Crippen LogP contribution in [0.25, 0.3) is 10.9 Å². The number of carbonyl (C=O) groups is 2. The van der Waals surface area contributed by atoms with Gasteiger partial charge in [0.25, 0.3) is 5.91 Å². The van der Waals surface area contributed by atoms with Crippen LogP contribution in [0.5, 0.6) is 0 Å². The van der Waals surface area contributed by atoms with Gasteiger partial charge < -0.3 is 21.7 Å². The quantitative estimate of drug-likeness (QED) is 0.416. The fraction of sp³-hybridized carbons (Fsp3) is 0.273. The van der Waals surface area contributed by atoms with E-state index in [1.807, 2.05) is 30.3 Å². The maximum absolute atomic E-state index is 11.9. The predicted octanol–water partition coefficient (Wildman–Crippen LogP) is 2.29. The zero-order valence-electron chi connectivity index (χ0n) is 17.4. The lowest BCUT2D eigenvalue weighted by Gasteiger charge is -2.30. The van der Waals surface area contributed by atoms with Crippen molar-refractivity contribution >= 4 is 40.2 Å². The summed E-state index contributed by atoms with van der Waals surface area (Å²) in [4.78, 5) is 32.2. The third-order valence-corrected chi connectivity index (χ3v) is 5.33. The Bertz CT molecular complexity index is 1170. The third kappa shape index (κ3) is 4.97. The van der Waals surface area contributed by atoms with Crippen molar-refractivity contribution in [2.24, 2.45) is 5.73 Å². The lowest BCUT2D eigenvalue weighted by molar-refractivity contribution is -0.117. The van der Waals surface area contributed by atoms with Crippen LogP contribution in [0.2, 0.25) is 0 Å². The maximum Gasteiger partial charge on any atom is 0.273 e. The Morgan fingerprint density at radius 3 is 2.81 bits per heavy atom. The number of hydrogen-bond acceptors (Lipinski definition) is 8. The van der Waals surface area contributed by atoms with Crippen LogP contribution in [0, 0.1) is 0 Å². The van der Waals surface area contributed by atoms with Crippen molar-refractivity contribution < 1.29 is 9.59 Å². The Balaban J connectivity index is 1.53. The fourth-order valence-electron chi connectivity index (χ4n) is 3.82. The number of pyridine rings is 1. The Hall–Kier alpha value is -4.08. The summed E-state index contributed by atoms with van der Waals surface area (Å²) < 4.78 is 0. The second-order valence-electron chi connectivity index (χ2n) is 7.65. The highest BCUT2D eigenvalue weighted by Gasteiger charge is 2.24. The van der Waals surface area contributed by atoms with Crippen LogP contribution in [0.1, 0.15) is 36.2 Å². The normalized spacial score (nSPS) is 18.0. The largest absolute Gasteiger partial charge is 0.364 e. The summed E-state index contributed by atoms with van der Waals surface area (Å²) in [6.07, 6.45) is 6.48. The van der Waals surface area contributed by atoms with E-state index in [0.29, 0.717) is 5.69 Å². The van der Waals surface area contributed by atoms with Crippen molar-refractivity contribution in [2.45, 2.75) is 37.8 Å². The van der Waals surface area contributed by atoms with Crippen molar-refractivity contribution in [3.8, 4) is 0 Å². The molecule has 3 aromatic rings. The molecule has 2 heterocycles. The van der Waals surface area contributed by atoms with Crippen LogP contribution in [0.3, 0.4) is 0 Å². The van der Waals surface area contributed by atoms with E-state index in [9.17, 15) is 9.59 Å². The number of nitrogens with zero attached hydrogens (tertiary/aromatic N) is 4. The number of benzene rings is 1. The van der Waals surface area contributed by atoms with Crippen LogP contribution in [0.4, 0.5) is 17.5 Å². The zero-order valence-corrected chi connectivity index (χ0v) is 17.4. The topological polar surface area (TPSA) is 148 Å². The van der Waals surface area contributed by atoms with Gasteiger partial charge in [-0.15, -0.1) is 10.2 Å². The van der Waals surface area contributed by atoms with Crippen molar-refractivity contribution in [3.05, 3.63) is 54.9 Å². The Morgan fingerprint density at radius 1 is 1.16 bits per heavy atom. The molecule has 10 heteroatoms. The highest BCUT2D eigenvalue weighted by Crippen LogP contribution is 2.24. The second kappa shape index (κ2) is 9.38. The van der Waals surface area contributed by atoms with E-state index < -0.39 is 5.91 Å². The minimum absolute atomic E-state index is 0.0495. The van der Waals surface area contributed by atoms with Crippen molar-refractivity contribution in [1.29, 1.82) is 0 Å². The van der Waals surface area contributed by atoms with Crippen LogP contribution < -0.4 is 21.7 Å². The van der Waals surface area contributed by atoms with Gasteiger partial charge in [-0.1, -0.05) is 12.6 Å². The Morgan fingerprint density at radius 2 is 2.00 bits per heavy atom. The smallest absolute Gasteiger partial charge is 0.273 e. The molecule has 4 rings (SSSR count). The van der Waals surface area contributed by atoms with E-state index in [1.165, 1.54) is 6.08 Å². The van der Waals surface area contributed by atoms with E-state index in [4.69, 9.17) is 5.73 Å². The standard InChI is InChI=1S/C22H24N8O2/c1-2-18(31)25-14-6-3-7-15(12-14)27-22-28-21(19(20(23)32)29-30-22)26-16-8-9-17-13(11-16)5-4-10-24-17/h2,4-5,8-11,14-15H,1,3,6-7,12H2,(H2,23,32)(H,25,31)(H2,26,27,28,30)/t14?,15-/m1/s1. The van der Waals surface area contributed by atoms with Crippen molar-refractivity contribution in [1.82, 2.24) is 25.5 Å². The van der Waals surface area contributed by atoms with Crippen LogP contribution in [0.15, 0.2) is 49.2 Å². The molecule has 1 aromatic carbocycles. The molecule has 0 spiro atoms. The summed E-state index contributed by atoms with van der Waals surface area (Å²) in [5.74, 6) is -0.422. The van der Waals surface area contributed by atoms with Crippen molar-refractivity contribution in [2.75, 3.05) is 10.6 Å². The fourth-order valence-corrected chi connectivity index (χ4v) is 3.82. The SMILES string of the molecule is C=CC(=O)NC1CCC[C@@H](Nc2nnc(C(N)=O)c(Nc3ccc4ncccc4c3)n2)C1. The summed E-state index contributed by atoms with van der Waals surface area (Å²) in [6.45, 7) is 3.49. The third-order valence-electron chi connectivity index (χ3n) is 5.33. The van der Waals surface area contributed by atoms with Gasteiger partial charge in [-0.25, -0.2) is 0 Å². The van der Waals surface area contributed by atoms with E-state index in [1.54, 1.807) is 6.20 Å². The van der Waals surface area contributed by atoms with Gasteiger partial charge in [-0.05, 0) is 56.0 Å². The molecule has 2 atom stereocenters. The molecule has 0 saturated heterocycles. The minimum atomic E-state index is -0.730. The second-order valence-corrected chi connectivity index (χ2v) is 7.65. The summed E-state index contributed by atoms with van der Waals surface area (Å²) in [7, 11) is 0. The van der Waals surface area contributed by atoms with Gasteiger partial charge in [0.2, 0.25) is 11.9 Å². The summed E-state index contributed by atoms with van der Waals surface area (Å²) in [6, 6.07) is 9.50. The Kier molecular flexibility index (Phi) is 6.20. The molecule has 1 aliphatic carbocycles. The molecule has 0 radical (unpaired) electrons. The van der Waals surface area contributed by atoms with E-state index >= 15 is 0 Å². The number of nitrogens with two attached hydrogens (primary N) is 1. The molecule has 1 saturated carbocycles.